The minimum absolute atomic E-state index is 0.0510. The van der Waals surface area contributed by atoms with Crippen LogP contribution in [0.3, 0.4) is 0 Å². The van der Waals surface area contributed by atoms with E-state index < -0.39 is 9.84 Å². The van der Waals surface area contributed by atoms with E-state index >= 15 is 0 Å². The fourth-order valence-electron chi connectivity index (χ4n) is 1.29. The fourth-order valence-corrected chi connectivity index (χ4v) is 2.89. The monoisotopic (exact) mass is 192 g/mol. The summed E-state index contributed by atoms with van der Waals surface area (Å²) in [6, 6.07) is 0. The molecule has 4 heteroatoms. The van der Waals surface area contributed by atoms with E-state index in [1.165, 1.54) is 0 Å². The molecule has 2 atom stereocenters. The third kappa shape index (κ3) is 2.75. The second-order valence-corrected chi connectivity index (χ2v) is 5.61. The lowest BCUT2D eigenvalue weighted by Gasteiger charge is -2.15. The fraction of sp³-hybridized carbons (Fsp3) is 1.00. The van der Waals surface area contributed by atoms with Crippen LogP contribution >= 0.6 is 0 Å². The van der Waals surface area contributed by atoms with Crippen molar-refractivity contribution >= 4 is 9.84 Å². The van der Waals surface area contributed by atoms with Crippen molar-refractivity contribution in [1.29, 1.82) is 0 Å². The zero-order valence-electron chi connectivity index (χ0n) is 7.62. The second kappa shape index (κ2) is 3.75. The molecule has 0 spiro atoms. The lowest BCUT2D eigenvalue weighted by molar-refractivity contribution is 0.0110. The Bertz CT molecular complexity index is 233. The Kier molecular flexibility index (Phi) is 3.12. The zero-order chi connectivity index (χ0) is 9.19. The van der Waals surface area contributed by atoms with Gasteiger partial charge < -0.3 is 4.74 Å². The van der Waals surface area contributed by atoms with Crippen LogP contribution in [-0.2, 0) is 14.6 Å². The lowest BCUT2D eigenvalue weighted by atomic mass is 10.3. The van der Waals surface area contributed by atoms with Crippen molar-refractivity contribution in [2.24, 2.45) is 0 Å². The van der Waals surface area contributed by atoms with Crippen molar-refractivity contribution < 1.29 is 13.2 Å². The highest BCUT2D eigenvalue weighted by Gasteiger charge is 2.29. The summed E-state index contributed by atoms with van der Waals surface area (Å²) in [7, 11) is -2.77. The molecule has 0 unspecified atom stereocenters. The summed E-state index contributed by atoms with van der Waals surface area (Å²) >= 11 is 0. The van der Waals surface area contributed by atoms with Crippen LogP contribution in [0.5, 0.6) is 0 Å². The standard InChI is InChI=1S/C8H16O3S/c1-3-7(2)11-8-4-5-12(9,10)6-8/h7-8H,3-6H2,1-2H3/t7-,8-/m0/s1. The molecule has 0 aromatic carbocycles. The molecule has 1 aliphatic rings. The van der Waals surface area contributed by atoms with Crippen molar-refractivity contribution in [3.63, 3.8) is 0 Å². The molecule has 3 nitrogen and oxygen atoms in total. The highest BCUT2D eigenvalue weighted by Crippen LogP contribution is 2.16. The summed E-state index contributed by atoms with van der Waals surface area (Å²) in [6.07, 6.45) is 1.75. The number of hydrogen-bond acceptors (Lipinski definition) is 3. The van der Waals surface area contributed by atoms with Crippen molar-refractivity contribution in [2.45, 2.75) is 38.9 Å². The van der Waals surface area contributed by atoms with Gasteiger partial charge in [-0.3, -0.25) is 0 Å². The Morgan fingerprint density at radius 1 is 1.58 bits per heavy atom. The highest BCUT2D eigenvalue weighted by atomic mass is 32.2. The van der Waals surface area contributed by atoms with Crippen molar-refractivity contribution in [1.82, 2.24) is 0 Å². The molecule has 1 heterocycles. The van der Waals surface area contributed by atoms with Crippen LogP contribution < -0.4 is 0 Å². The van der Waals surface area contributed by atoms with Crippen molar-refractivity contribution in [2.75, 3.05) is 11.5 Å². The van der Waals surface area contributed by atoms with Gasteiger partial charge in [-0.15, -0.1) is 0 Å². The highest BCUT2D eigenvalue weighted by molar-refractivity contribution is 7.91. The molecule has 72 valence electrons. The Morgan fingerprint density at radius 2 is 2.25 bits per heavy atom. The second-order valence-electron chi connectivity index (χ2n) is 3.38. The van der Waals surface area contributed by atoms with Crippen LogP contribution in [0, 0.1) is 0 Å². The van der Waals surface area contributed by atoms with E-state index in [0.29, 0.717) is 12.2 Å². The summed E-state index contributed by atoms with van der Waals surface area (Å²) < 4.78 is 27.6. The molecule has 0 aromatic heterocycles. The summed E-state index contributed by atoms with van der Waals surface area (Å²) in [4.78, 5) is 0. The normalized spacial score (nSPS) is 30.3. The van der Waals surface area contributed by atoms with Gasteiger partial charge in [0.1, 0.15) is 0 Å². The van der Waals surface area contributed by atoms with E-state index in [-0.39, 0.29) is 18.0 Å². The van der Waals surface area contributed by atoms with Crippen molar-refractivity contribution in [3.8, 4) is 0 Å². The first kappa shape index (κ1) is 9.99. The summed E-state index contributed by atoms with van der Waals surface area (Å²) in [5.41, 5.74) is 0. The molecule has 0 radical (unpaired) electrons. The third-order valence-corrected chi connectivity index (χ3v) is 3.93. The van der Waals surface area contributed by atoms with Crippen LogP contribution in [0.25, 0.3) is 0 Å². The quantitative estimate of drug-likeness (QED) is 0.669. The maximum Gasteiger partial charge on any atom is 0.152 e. The molecular formula is C8H16O3S. The van der Waals surface area contributed by atoms with Gasteiger partial charge in [-0.05, 0) is 19.8 Å². The van der Waals surface area contributed by atoms with Crippen LogP contribution in [0.2, 0.25) is 0 Å². The van der Waals surface area contributed by atoms with E-state index in [2.05, 4.69) is 0 Å². The van der Waals surface area contributed by atoms with Crippen LogP contribution in [0.4, 0.5) is 0 Å². The number of hydrogen-bond donors (Lipinski definition) is 0. The summed E-state index contributed by atoms with van der Waals surface area (Å²) in [6.45, 7) is 4.01. The minimum Gasteiger partial charge on any atom is -0.374 e. The third-order valence-electron chi connectivity index (χ3n) is 2.19. The van der Waals surface area contributed by atoms with Gasteiger partial charge in [-0.1, -0.05) is 6.92 Å². The number of rotatable bonds is 3. The molecule has 1 saturated heterocycles. The van der Waals surface area contributed by atoms with Gasteiger partial charge in [0.2, 0.25) is 0 Å². The smallest absolute Gasteiger partial charge is 0.152 e. The van der Waals surface area contributed by atoms with Crippen LogP contribution in [0.15, 0.2) is 0 Å². The predicted octanol–water partition coefficient (Wildman–Crippen LogP) is 0.989. The molecule has 1 aliphatic heterocycles. The maximum absolute atomic E-state index is 11.0. The van der Waals surface area contributed by atoms with E-state index in [1.54, 1.807) is 0 Å². The first-order valence-corrected chi connectivity index (χ1v) is 6.21. The number of sulfone groups is 1. The minimum atomic E-state index is -2.77. The SMILES string of the molecule is CC[C@H](C)O[C@H]1CCS(=O)(=O)C1. The van der Waals surface area contributed by atoms with Gasteiger partial charge in [0.25, 0.3) is 0 Å². The van der Waals surface area contributed by atoms with Crippen LogP contribution in [0.1, 0.15) is 26.7 Å². The first-order valence-electron chi connectivity index (χ1n) is 4.39. The van der Waals surface area contributed by atoms with E-state index in [9.17, 15) is 8.42 Å². The largest absolute Gasteiger partial charge is 0.374 e. The van der Waals surface area contributed by atoms with E-state index in [4.69, 9.17) is 4.74 Å². The average molecular weight is 192 g/mol. The molecule has 0 amide bonds. The predicted molar refractivity (Wildman–Crippen MR) is 47.9 cm³/mol. The Labute approximate surface area is 74.0 Å². The molecule has 0 N–H and O–H groups in total. The molecule has 1 rings (SSSR count). The molecule has 0 bridgehead atoms. The van der Waals surface area contributed by atoms with Gasteiger partial charge in [-0.2, -0.15) is 0 Å². The number of ether oxygens (including phenoxy) is 1. The molecule has 0 aliphatic carbocycles. The summed E-state index contributed by atoms with van der Waals surface area (Å²) in [5, 5.41) is 0. The van der Waals surface area contributed by atoms with Gasteiger partial charge in [-0.25, -0.2) is 8.42 Å². The first-order chi connectivity index (χ1) is 5.53. The Morgan fingerprint density at radius 3 is 2.67 bits per heavy atom. The Hall–Kier alpha value is -0.0900. The van der Waals surface area contributed by atoms with Gasteiger partial charge >= 0.3 is 0 Å². The van der Waals surface area contributed by atoms with E-state index in [0.717, 1.165) is 6.42 Å². The Balaban J connectivity index is 2.38. The topological polar surface area (TPSA) is 43.4 Å². The van der Waals surface area contributed by atoms with Crippen molar-refractivity contribution in [3.05, 3.63) is 0 Å². The molecule has 0 saturated carbocycles. The molecule has 12 heavy (non-hydrogen) atoms. The average Bonchev–Trinajstić information content (AvgIpc) is 2.30. The van der Waals surface area contributed by atoms with Crippen LogP contribution in [-0.4, -0.2) is 32.1 Å². The molecule has 0 aromatic rings. The zero-order valence-corrected chi connectivity index (χ0v) is 8.43. The van der Waals surface area contributed by atoms with Gasteiger partial charge in [0.05, 0.1) is 23.7 Å². The lowest BCUT2D eigenvalue weighted by Crippen LogP contribution is -2.20. The molecule has 1 fully saturated rings. The van der Waals surface area contributed by atoms with Gasteiger partial charge in [0, 0.05) is 0 Å². The van der Waals surface area contributed by atoms with E-state index in [1.807, 2.05) is 13.8 Å². The molecular weight excluding hydrogens is 176 g/mol. The maximum atomic E-state index is 11.0. The van der Waals surface area contributed by atoms with Gasteiger partial charge in [0.15, 0.2) is 9.84 Å². The summed E-state index contributed by atoms with van der Waals surface area (Å²) in [5.74, 6) is 0.519.